The van der Waals surface area contributed by atoms with Crippen molar-refractivity contribution in [2.45, 2.75) is 13.5 Å². The zero-order chi connectivity index (χ0) is 22.4. The maximum Gasteiger partial charge on any atom is 0.271 e. The first-order valence-corrected chi connectivity index (χ1v) is 11.2. The van der Waals surface area contributed by atoms with E-state index < -0.39 is 4.92 Å². The fourth-order valence-corrected chi connectivity index (χ4v) is 4.81. The van der Waals surface area contributed by atoms with Crippen LogP contribution >= 0.6 is 45.2 Å². The van der Waals surface area contributed by atoms with Crippen LogP contribution in [-0.2, 0) is 6.61 Å². The molecular formula is C22H17I2N3O4. The van der Waals surface area contributed by atoms with Gasteiger partial charge in [0.25, 0.3) is 11.6 Å². The molecule has 0 saturated carbocycles. The number of nitro benzene ring substituents is 1. The summed E-state index contributed by atoms with van der Waals surface area (Å²) >= 11 is 4.36. The molecule has 158 valence electrons. The van der Waals surface area contributed by atoms with Crippen molar-refractivity contribution >= 4 is 63.0 Å². The third kappa shape index (κ3) is 6.47. The van der Waals surface area contributed by atoms with Crippen molar-refractivity contribution < 1.29 is 14.5 Å². The zero-order valence-corrected chi connectivity index (χ0v) is 20.7. The standard InChI is InChI=1S/C22H17I2N3O4/c1-14-3-2-4-17(9-14)22(28)26-25-12-16-10-19(23)21(20(24)11-16)31-13-15-5-7-18(8-6-15)27(29)30/h2-12H,13H2,1H3,(H,26,28)/b25-12-. The normalized spacial score (nSPS) is 10.8. The fraction of sp³-hybridized carbons (Fsp3) is 0.0909. The molecule has 3 aromatic carbocycles. The number of hydrogen-bond donors (Lipinski definition) is 1. The van der Waals surface area contributed by atoms with Crippen molar-refractivity contribution in [3.63, 3.8) is 0 Å². The van der Waals surface area contributed by atoms with Gasteiger partial charge in [-0.25, -0.2) is 5.43 Å². The van der Waals surface area contributed by atoms with Gasteiger partial charge in [0.1, 0.15) is 12.4 Å². The second-order valence-electron chi connectivity index (χ2n) is 6.59. The van der Waals surface area contributed by atoms with Crippen LogP contribution in [0.1, 0.15) is 27.0 Å². The molecule has 0 aromatic heterocycles. The van der Waals surface area contributed by atoms with E-state index in [9.17, 15) is 14.9 Å². The summed E-state index contributed by atoms with van der Waals surface area (Å²) in [4.78, 5) is 22.5. The van der Waals surface area contributed by atoms with Crippen molar-refractivity contribution in [3.8, 4) is 5.75 Å². The van der Waals surface area contributed by atoms with Crippen LogP contribution in [0.3, 0.4) is 0 Å². The smallest absolute Gasteiger partial charge is 0.271 e. The van der Waals surface area contributed by atoms with Gasteiger partial charge in [-0.1, -0.05) is 17.7 Å². The molecule has 1 amide bonds. The monoisotopic (exact) mass is 641 g/mol. The molecule has 0 heterocycles. The molecular weight excluding hydrogens is 624 g/mol. The first-order chi connectivity index (χ1) is 14.8. The highest BCUT2D eigenvalue weighted by Gasteiger charge is 2.10. The number of nitrogens with one attached hydrogen (secondary N) is 1. The van der Waals surface area contributed by atoms with E-state index in [0.717, 1.165) is 29.6 Å². The van der Waals surface area contributed by atoms with Crippen molar-refractivity contribution in [1.82, 2.24) is 5.43 Å². The van der Waals surface area contributed by atoms with Gasteiger partial charge in [0.2, 0.25) is 0 Å². The maximum atomic E-state index is 12.2. The molecule has 0 atom stereocenters. The van der Waals surface area contributed by atoms with Gasteiger partial charge < -0.3 is 4.74 Å². The molecule has 0 radical (unpaired) electrons. The lowest BCUT2D eigenvalue weighted by Gasteiger charge is -2.11. The second-order valence-corrected chi connectivity index (χ2v) is 8.92. The molecule has 0 aliphatic rings. The lowest BCUT2D eigenvalue weighted by Crippen LogP contribution is -2.17. The molecule has 0 bridgehead atoms. The summed E-state index contributed by atoms with van der Waals surface area (Å²) in [6, 6.07) is 17.4. The number of rotatable bonds is 7. The number of hydrazone groups is 1. The molecule has 0 saturated heterocycles. The van der Waals surface area contributed by atoms with Crippen molar-refractivity contribution in [3.05, 3.63) is 100 Å². The van der Waals surface area contributed by atoms with E-state index in [1.54, 1.807) is 30.5 Å². The maximum absolute atomic E-state index is 12.2. The lowest BCUT2D eigenvalue weighted by molar-refractivity contribution is -0.384. The van der Waals surface area contributed by atoms with Crippen molar-refractivity contribution in [2.75, 3.05) is 0 Å². The van der Waals surface area contributed by atoms with E-state index in [0.29, 0.717) is 12.2 Å². The molecule has 1 N–H and O–H groups in total. The van der Waals surface area contributed by atoms with Gasteiger partial charge in [0.15, 0.2) is 0 Å². The Morgan fingerprint density at radius 2 is 1.81 bits per heavy atom. The Kier molecular flexibility index (Phi) is 7.96. The summed E-state index contributed by atoms with van der Waals surface area (Å²) in [7, 11) is 0. The highest BCUT2D eigenvalue weighted by Crippen LogP contribution is 2.29. The number of aryl methyl sites for hydroxylation is 1. The van der Waals surface area contributed by atoms with E-state index in [2.05, 4.69) is 55.7 Å². The molecule has 7 nitrogen and oxygen atoms in total. The highest BCUT2D eigenvalue weighted by atomic mass is 127. The molecule has 0 unspecified atom stereocenters. The molecule has 31 heavy (non-hydrogen) atoms. The van der Waals surface area contributed by atoms with Crippen LogP contribution < -0.4 is 10.2 Å². The average Bonchev–Trinajstić information content (AvgIpc) is 2.73. The van der Waals surface area contributed by atoms with Gasteiger partial charge in [0.05, 0.1) is 18.3 Å². The summed E-state index contributed by atoms with van der Waals surface area (Å²) in [5, 5.41) is 14.8. The number of halogens is 2. The first-order valence-electron chi connectivity index (χ1n) is 9.09. The summed E-state index contributed by atoms with van der Waals surface area (Å²) < 4.78 is 7.70. The zero-order valence-electron chi connectivity index (χ0n) is 16.3. The van der Waals surface area contributed by atoms with E-state index in [1.807, 2.05) is 31.2 Å². The topological polar surface area (TPSA) is 93.8 Å². The molecule has 3 rings (SSSR count). The minimum Gasteiger partial charge on any atom is -0.487 e. The lowest BCUT2D eigenvalue weighted by atomic mass is 10.1. The second kappa shape index (κ2) is 10.7. The molecule has 3 aromatic rings. The number of nitro groups is 1. The number of ether oxygens (including phenoxy) is 1. The number of carbonyl (C=O) groups excluding carboxylic acids is 1. The molecule has 0 aliphatic carbocycles. The number of nitrogens with zero attached hydrogens (tertiary/aromatic N) is 2. The van der Waals surface area contributed by atoms with E-state index in [4.69, 9.17) is 4.74 Å². The van der Waals surface area contributed by atoms with Crippen LogP contribution in [0.25, 0.3) is 0 Å². The van der Waals surface area contributed by atoms with Gasteiger partial charge in [-0.05, 0) is 99.6 Å². The van der Waals surface area contributed by atoms with Gasteiger partial charge in [-0.3, -0.25) is 14.9 Å². The fourth-order valence-electron chi connectivity index (χ4n) is 2.68. The van der Waals surface area contributed by atoms with E-state index in [1.165, 1.54) is 12.1 Å². The van der Waals surface area contributed by atoms with E-state index in [-0.39, 0.29) is 11.6 Å². The summed E-state index contributed by atoms with van der Waals surface area (Å²) in [5.41, 5.74) is 5.79. The summed E-state index contributed by atoms with van der Waals surface area (Å²) in [6.07, 6.45) is 1.58. The third-order valence-electron chi connectivity index (χ3n) is 4.21. The average molecular weight is 641 g/mol. The highest BCUT2D eigenvalue weighted by molar-refractivity contribution is 14.1. The van der Waals surface area contributed by atoms with Gasteiger partial charge in [0, 0.05) is 17.7 Å². The minimum absolute atomic E-state index is 0.0473. The summed E-state index contributed by atoms with van der Waals surface area (Å²) in [5.74, 6) is 0.452. The van der Waals surface area contributed by atoms with Crippen molar-refractivity contribution in [2.24, 2.45) is 5.10 Å². The Hall–Kier alpha value is -2.54. The van der Waals surface area contributed by atoms with Crippen LogP contribution in [0.4, 0.5) is 5.69 Å². The Morgan fingerprint density at radius 1 is 1.13 bits per heavy atom. The number of non-ortho nitro benzene ring substituents is 1. The van der Waals surface area contributed by atoms with Crippen LogP contribution in [0, 0.1) is 24.2 Å². The molecule has 0 spiro atoms. The molecule has 9 heteroatoms. The van der Waals surface area contributed by atoms with Crippen LogP contribution in [0.2, 0.25) is 0 Å². The van der Waals surface area contributed by atoms with Gasteiger partial charge in [-0.2, -0.15) is 5.10 Å². The quantitative estimate of drug-likeness (QED) is 0.161. The number of benzene rings is 3. The third-order valence-corrected chi connectivity index (χ3v) is 5.81. The molecule has 0 aliphatic heterocycles. The predicted molar refractivity (Wildman–Crippen MR) is 136 cm³/mol. The SMILES string of the molecule is Cc1cccc(C(=O)N/N=C\c2cc(I)c(OCc3ccc([N+](=O)[O-])cc3)c(I)c2)c1. The Labute approximate surface area is 206 Å². The molecule has 0 fully saturated rings. The Balaban J connectivity index is 1.63. The summed E-state index contributed by atoms with van der Waals surface area (Å²) in [6.45, 7) is 2.22. The Bertz CT molecular complexity index is 1120. The van der Waals surface area contributed by atoms with Crippen molar-refractivity contribution in [1.29, 1.82) is 0 Å². The van der Waals surface area contributed by atoms with Crippen LogP contribution in [-0.4, -0.2) is 17.0 Å². The number of carbonyl (C=O) groups is 1. The van der Waals surface area contributed by atoms with Crippen LogP contribution in [0.5, 0.6) is 5.75 Å². The van der Waals surface area contributed by atoms with Gasteiger partial charge >= 0.3 is 0 Å². The van der Waals surface area contributed by atoms with Gasteiger partial charge in [-0.15, -0.1) is 0 Å². The minimum atomic E-state index is -0.430. The number of hydrogen-bond acceptors (Lipinski definition) is 5. The van der Waals surface area contributed by atoms with Crippen LogP contribution in [0.15, 0.2) is 65.8 Å². The van der Waals surface area contributed by atoms with E-state index >= 15 is 0 Å². The Morgan fingerprint density at radius 3 is 2.42 bits per heavy atom. The predicted octanol–water partition coefficient (Wildman–Crippen LogP) is 5.46. The first kappa shape index (κ1) is 23.1. The number of amides is 1. The largest absolute Gasteiger partial charge is 0.487 e.